The summed E-state index contributed by atoms with van der Waals surface area (Å²) < 4.78 is 2.07. The van der Waals surface area contributed by atoms with Crippen LogP contribution < -0.4 is 4.90 Å². The predicted molar refractivity (Wildman–Crippen MR) is 154 cm³/mol. The van der Waals surface area contributed by atoms with Crippen molar-refractivity contribution in [2.45, 2.75) is 24.7 Å². The molecule has 6 heteroatoms. The van der Waals surface area contributed by atoms with Crippen molar-refractivity contribution in [1.82, 2.24) is 24.7 Å². The van der Waals surface area contributed by atoms with Crippen molar-refractivity contribution in [3.05, 3.63) is 121 Å². The molecule has 0 radical (unpaired) electrons. The average molecular weight is 509 g/mol. The van der Waals surface area contributed by atoms with Crippen LogP contribution in [0.3, 0.4) is 0 Å². The Hall–Kier alpha value is -4.58. The van der Waals surface area contributed by atoms with Gasteiger partial charge < -0.3 is 4.90 Å². The standard InChI is InChI=1S/C33H28N6/c1-2-7-18-33(17-6-1)22-38(29-14-4-3-12-27(29)33)24-15-16-30(35-21-24)39-31(25-11-9-10-23-20-26(23)25)36-37-32(39)28-13-5-8-19-34-28/h1,3-16,18-19,21,23,26H,2,17,20,22H2. The summed E-state index contributed by atoms with van der Waals surface area (Å²) in [4.78, 5) is 12.0. The number of benzene rings is 1. The van der Waals surface area contributed by atoms with Crippen LogP contribution in [0.15, 0.2) is 110 Å². The number of para-hydroxylation sites is 1. The molecule has 8 rings (SSSR count). The average Bonchev–Trinajstić information content (AvgIpc) is 3.64. The molecule has 3 aromatic heterocycles. The second-order valence-corrected chi connectivity index (χ2v) is 10.9. The fourth-order valence-corrected chi connectivity index (χ4v) is 6.43. The fraction of sp³-hybridized carbons (Fsp3) is 0.212. The van der Waals surface area contributed by atoms with E-state index in [2.05, 4.69) is 104 Å². The van der Waals surface area contributed by atoms with Gasteiger partial charge in [0.25, 0.3) is 0 Å². The summed E-state index contributed by atoms with van der Waals surface area (Å²) in [6, 6.07) is 18.9. The quantitative estimate of drug-likeness (QED) is 0.290. The van der Waals surface area contributed by atoms with Crippen LogP contribution >= 0.6 is 0 Å². The van der Waals surface area contributed by atoms with Crippen molar-refractivity contribution in [1.29, 1.82) is 0 Å². The number of nitrogens with zero attached hydrogens (tertiary/aromatic N) is 6. The number of hydrogen-bond acceptors (Lipinski definition) is 5. The van der Waals surface area contributed by atoms with Gasteiger partial charge in [-0.2, -0.15) is 0 Å². The summed E-state index contributed by atoms with van der Waals surface area (Å²) >= 11 is 0. The van der Waals surface area contributed by atoms with Gasteiger partial charge in [0.2, 0.25) is 0 Å². The molecule has 0 bridgehead atoms. The smallest absolute Gasteiger partial charge is 0.188 e. The molecule has 1 spiro atoms. The molecule has 6 nitrogen and oxygen atoms in total. The Bertz CT molecular complexity index is 1680. The third-order valence-electron chi connectivity index (χ3n) is 8.49. The maximum atomic E-state index is 5.01. The largest absolute Gasteiger partial charge is 0.339 e. The molecule has 39 heavy (non-hydrogen) atoms. The molecule has 0 amide bonds. The van der Waals surface area contributed by atoms with Crippen LogP contribution in [-0.4, -0.2) is 31.3 Å². The van der Waals surface area contributed by atoms with Gasteiger partial charge in [0.1, 0.15) is 11.5 Å². The summed E-state index contributed by atoms with van der Waals surface area (Å²) in [6.07, 6.45) is 22.9. The lowest BCUT2D eigenvalue weighted by atomic mass is 9.79. The van der Waals surface area contributed by atoms with Gasteiger partial charge in [-0.15, -0.1) is 10.2 Å². The minimum absolute atomic E-state index is 0.0162. The van der Waals surface area contributed by atoms with Crippen LogP contribution in [-0.2, 0) is 5.41 Å². The lowest BCUT2D eigenvalue weighted by molar-refractivity contribution is 0.585. The third-order valence-corrected chi connectivity index (χ3v) is 8.49. The highest BCUT2D eigenvalue weighted by atomic mass is 15.3. The van der Waals surface area contributed by atoms with E-state index in [1.54, 1.807) is 6.20 Å². The molecule has 1 aliphatic heterocycles. The maximum absolute atomic E-state index is 5.01. The summed E-state index contributed by atoms with van der Waals surface area (Å²) in [5.74, 6) is 3.48. The zero-order valence-electron chi connectivity index (χ0n) is 21.6. The van der Waals surface area contributed by atoms with Crippen LogP contribution in [0.2, 0.25) is 0 Å². The predicted octanol–water partition coefficient (Wildman–Crippen LogP) is 6.61. The lowest BCUT2D eigenvalue weighted by Crippen LogP contribution is -2.29. The Morgan fingerprint density at radius 2 is 1.79 bits per heavy atom. The van der Waals surface area contributed by atoms with Crippen LogP contribution in [0.25, 0.3) is 22.9 Å². The Labute approximate surface area is 227 Å². The highest BCUT2D eigenvalue weighted by Crippen LogP contribution is 2.51. The van der Waals surface area contributed by atoms with E-state index in [0.29, 0.717) is 17.7 Å². The van der Waals surface area contributed by atoms with Gasteiger partial charge in [0.15, 0.2) is 11.6 Å². The molecule has 190 valence electrons. The summed E-state index contributed by atoms with van der Waals surface area (Å²) in [6.45, 7) is 0.896. The van der Waals surface area contributed by atoms with Crippen molar-refractivity contribution < 1.29 is 0 Å². The topological polar surface area (TPSA) is 59.7 Å². The summed E-state index contributed by atoms with van der Waals surface area (Å²) in [5, 5.41) is 9.28. The highest BCUT2D eigenvalue weighted by Gasteiger charge is 2.42. The molecule has 4 aromatic rings. The molecule has 0 N–H and O–H groups in total. The van der Waals surface area contributed by atoms with Gasteiger partial charge in [-0.3, -0.25) is 9.55 Å². The third kappa shape index (κ3) is 3.62. The van der Waals surface area contributed by atoms with Crippen LogP contribution in [0.5, 0.6) is 0 Å². The maximum Gasteiger partial charge on any atom is 0.188 e. The molecule has 1 saturated carbocycles. The number of pyridine rings is 2. The number of hydrogen-bond donors (Lipinski definition) is 0. The van der Waals surface area contributed by atoms with Crippen LogP contribution in [0.4, 0.5) is 11.4 Å². The molecule has 3 aliphatic carbocycles. The molecule has 1 aromatic carbocycles. The molecular weight excluding hydrogens is 480 g/mol. The molecule has 4 heterocycles. The van der Waals surface area contributed by atoms with E-state index in [-0.39, 0.29) is 5.41 Å². The first-order valence-corrected chi connectivity index (χ1v) is 13.7. The minimum Gasteiger partial charge on any atom is -0.339 e. The summed E-state index contributed by atoms with van der Waals surface area (Å²) in [5.41, 5.74) is 5.71. The van der Waals surface area contributed by atoms with E-state index in [9.17, 15) is 0 Å². The van der Waals surface area contributed by atoms with Gasteiger partial charge in [0.05, 0.1) is 11.9 Å². The second-order valence-electron chi connectivity index (χ2n) is 10.9. The van der Waals surface area contributed by atoms with Crippen LogP contribution in [0, 0.1) is 11.8 Å². The molecule has 1 fully saturated rings. The SMILES string of the molecule is C1=CC2CC2C(c2nnc(-c3ccccn3)n2-c2ccc(N3CC4(C=CCC=CC4)c4ccccc43)cn2)=C1. The molecule has 4 aliphatic rings. The van der Waals surface area contributed by atoms with Crippen LogP contribution in [0.1, 0.15) is 30.7 Å². The molecule has 3 atom stereocenters. The van der Waals surface area contributed by atoms with E-state index >= 15 is 0 Å². The number of fused-ring (bicyclic) bond motifs is 3. The van der Waals surface area contributed by atoms with Crippen molar-refractivity contribution in [2.75, 3.05) is 11.4 Å². The van der Waals surface area contributed by atoms with Crippen molar-refractivity contribution in [3.63, 3.8) is 0 Å². The minimum atomic E-state index is -0.0162. The first kappa shape index (κ1) is 22.4. The number of rotatable bonds is 4. The first-order chi connectivity index (χ1) is 19.3. The number of allylic oxidation sites excluding steroid dienone is 7. The van der Waals surface area contributed by atoms with E-state index in [4.69, 9.17) is 4.98 Å². The molecule has 3 unspecified atom stereocenters. The normalized spacial score (nSPS) is 24.4. The Morgan fingerprint density at radius 1 is 0.872 bits per heavy atom. The monoisotopic (exact) mass is 508 g/mol. The fourth-order valence-electron chi connectivity index (χ4n) is 6.43. The Kier molecular flexibility index (Phi) is 5.02. The van der Waals surface area contributed by atoms with Gasteiger partial charge >= 0.3 is 0 Å². The van der Waals surface area contributed by atoms with E-state index in [1.165, 1.54) is 23.2 Å². The zero-order valence-corrected chi connectivity index (χ0v) is 21.6. The van der Waals surface area contributed by atoms with E-state index in [1.807, 2.05) is 24.4 Å². The van der Waals surface area contributed by atoms with E-state index < -0.39 is 0 Å². The lowest BCUT2D eigenvalue weighted by Gasteiger charge is -2.26. The Morgan fingerprint density at radius 3 is 2.69 bits per heavy atom. The zero-order chi connectivity index (χ0) is 25.8. The van der Waals surface area contributed by atoms with Crippen molar-refractivity contribution >= 4 is 16.9 Å². The van der Waals surface area contributed by atoms with Gasteiger partial charge in [-0.1, -0.05) is 66.8 Å². The second kappa shape index (κ2) is 8.73. The van der Waals surface area contributed by atoms with Crippen molar-refractivity contribution in [3.8, 4) is 17.3 Å². The first-order valence-electron chi connectivity index (χ1n) is 13.7. The number of anilines is 2. The van der Waals surface area contributed by atoms with Gasteiger partial charge in [0, 0.05) is 29.4 Å². The van der Waals surface area contributed by atoms with Crippen molar-refractivity contribution in [2.24, 2.45) is 11.8 Å². The molecule has 0 saturated heterocycles. The van der Waals surface area contributed by atoms with E-state index in [0.717, 1.165) is 42.4 Å². The van der Waals surface area contributed by atoms with Gasteiger partial charge in [-0.05, 0) is 67.0 Å². The number of aromatic nitrogens is 5. The Balaban J connectivity index is 1.21. The molecular formula is C33H28N6. The summed E-state index contributed by atoms with van der Waals surface area (Å²) in [7, 11) is 0. The highest BCUT2D eigenvalue weighted by molar-refractivity contribution is 5.75. The van der Waals surface area contributed by atoms with Gasteiger partial charge in [-0.25, -0.2) is 4.98 Å².